The first-order chi connectivity index (χ1) is 15.9. The number of nitrogens with zero attached hydrogens (tertiary/aromatic N) is 6. The molecule has 2 aromatic heterocycles. The summed E-state index contributed by atoms with van der Waals surface area (Å²) in [5, 5.41) is 3.95. The number of rotatable bonds is 5. The number of hydrogen-bond acceptors (Lipinski definition) is 11. The molecule has 0 radical (unpaired) electrons. The number of aliphatic imine (C=N–C) groups is 2. The molecule has 2 heterocycles. The zero-order valence-electron chi connectivity index (χ0n) is 17.5. The van der Waals surface area contributed by atoms with Crippen molar-refractivity contribution in [3.05, 3.63) is 27.4 Å². The molecule has 2 rings (SSSR count). The number of halogens is 2. The lowest BCUT2D eigenvalue weighted by atomic mass is 10.3. The van der Waals surface area contributed by atoms with E-state index < -0.39 is 29.4 Å². The normalized spacial score (nSPS) is 11.7. The van der Waals surface area contributed by atoms with Crippen LogP contribution in [0.3, 0.4) is 0 Å². The highest BCUT2D eigenvalue weighted by atomic mass is 35.5. The Morgan fingerprint density at radius 1 is 0.853 bits per heavy atom. The standard InChI is InChI=1S/C16H19Cl2N13O3/c1-2-5(32)26-16(23)31-14(34)6-10(19)25-4(8(17)27-6)3-24-15(22)30-13(33)7-11(20)29-12(21)9(18)28-7/h2-3H2,1H3,(H2,19,25)(H4,20,21,29)(H3,22,24,30,33)(H3,23,26,31,32,34). The minimum absolute atomic E-state index is 0.0268. The van der Waals surface area contributed by atoms with Crippen LogP contribution in [0.2, 0.25) is 10.3 Å². The van der Waals surface area contributed by atoms with Crippen molar-refractivity contribution in [1.82, 2.24) is 30.6 Å². The van der Waals surface area contributed by atoms with E-state index in [1.165, 1.54) is 0 Å². The molecule has 0 aliphatic carbocycles. The summed E-state index contributed by atoms with van der Waals surface area (Å²) in [7, 11) is 0. The molecule has 0 unspecified atom stereocenters. The van der Waals surface area contributed by atoms with Crippen LogP contribution in [0, 0.1) is 0 Å². The van der Waals surface area contributed by atoms with Gasteiger partial charge in [-0.1, -0.05) is 30.1 Å². The summed E-state index contributed by atoms with van der Waals surface area (Å²) in [6.07, 6.45) is 0.130. The van der Waals surface area contributed by atoms with E-state index in [-0.39, 0.29) is 58.1 Å². The third-order valence-electron chi connectivity index (χ3n) is 3.72. The van der Waals surface area contributed by atoms with Gasteiger partial charge in [-0.3, -0.25) is 25.0 Å². The Labute approximate surface area is 201 Å². The maximum Gasteiger partial charge on any atom is 0.302 e. The van der Waals surface area contributed by atoms with Gasteiger partial charge in [0.05, 0.1) is 6.54 Å². The Kier molecular flexibility index (Phi) is 8.41. The molecule has 0 saturated carbocycles. The Morgan fingerprint density at radius 2 is 1.47 bits per heavy atom. The Hall–Kier alpha value is -4.31. The van der Waals surface area contributed by atoms with Crippen molar-refractivity contribution in [1.29, 1.82) is 0 Å². The molecule has 34 heavy (non-hydrogen) atoms. The van der Waals surface area contributed by atoms with Crippen LogP contribution in [0.5, 0.6) is 0 Å². The molecular weight excluding hydrogens is 493 g/mol. The highest BCUT2D eigenvalue weighted by Gasteiger charge is 2.19. The van der Waals surface area contributed by atoms with E-state index in [1.54, 1.807) is 6.92 Å². The zero-order chi connectivity index (χ0) is 25.6. The molecule has 0 spiro atoms. The molecule has 0 aliphatic heterocycles. The summed E-state index contributed by atoms with van der Waals surface area (Å²) in [6.45, 7) is 1.31. The van der Waals surface area contributed by atoms with E-state index in [0.717, 1.165) is 0 Å². The Balaban J connectivity index is 2.14. The zero-order valence-corrected chi connectivity index (χ0v) is 19.0. The number of guanidine groups is 2. The number of nitrogens with one attached hydrogen (secondary N) is 2. The number of carbonyl (C=O) groups excluding carboxylic acids is 3. The fourth-order valence-corrected chi connectivity index (χ4v) is 2.44. The van der Waals surface area contributed by atoms with Gasteiger partial charge in [0.25, 0.3) is 5.91 Å². The third kappa shape index (κ3) is 6.59. The smallest absolute Gasteiger partial charge is 0.302 e. The second kappa shape index (κ2) is 11.0. The summed E-state index contributed by atoms with van der Waals surface area (Å²) in [5.41, 5.74) is 27.3. The fourth-order valence-electron chi connectivity index (χ4n) is 2.13. The predicted octanol–water partition coefficient (Wildman–Crippen LogP) is -1.45. The summed E-state index contributed by atoms with van der Waals surface area (Å²) in [4.78, 5) is 58.3. The monoisotopic (exact) mass is 511 g/mol. The van der Waals surface area contributed by atoms with Gasteiger partial charge in [0.1, 0.15) is 5.69 Å². The Bertz CT molecular complexity index is 1220. The van der Waals surface area contributed by atoms with Crippen LogP contribution >= 0.6 is 23.2 Å². The summed E-state index contributed by atoms with van der Waals surface area (Å²) in [5.74, 6) is -3.84. The van der Waals surface area contributed by atoms with E-state index in [0.29, 0.717) is 0 Å². The largest absolute Gasteiger partial charge is 0.382 e. The van der Waals surface area contributed by atoms with Crippen LogP contribution < -0.4 is 39.3 Å². The number of amides is 3. The van der Waals surface area contributed by atoms with Crippen LogP contribution in [0.25, 0.3) is 0 Å². The molecular formula is C16H19Cl2N13O3. The van der Waals surface area contributed by atoms with Crippen LogP contribution in [0.1, 0.15) is 40.0 Å². The topological polar surface area (TPSA) is 282 Å². The van der Waals surface area contributed by atoms with Crippen molar-refractivity contribution in [2.75, 3.05) is 17.2 Å². The van der Waals surface area contributed by atoms with Crippen molar-refractivity contribution in [3.63, 3.8) is 0 Å². The van der Waals surface area contributed by atoms with E-state index in [9.17, 15) is 14.4 Å². The lowest BCUT2D eigenvalue weighted by molar-refractivity contribution is -0.119. The van der Waals surface area contributed by atoms with Gasteiger partial charge in [-0.05, 0) is 0 Å². The molecule has 0 bridgehead atoms. The molecule has 16 nitrogen and oxygen atoms in total. The summed E-state index contributed by atoms with van der Waals surface area (Å²) in [6, 6.07) is 0. The molecule has 0 fully saturated rings. The van der Waals surface area contributed by atoms with Crippen molar-refractivity contribution in [2.45, 2.75) is 19.9 Å². The van der Waals surface area contributed by atoms with Crippen LogP contribution in [0.4, 0.5) is 17.5 Å². The lowest BCUT2D eigenvalue weighted by Gasteiger charge is -2.08. The third-order valence-corrected chi connectivity index (χ3v) is 4.30. The molecule has 12 N–H and O–H groups in total. The van der Waals surface area contributed by atoms with Crippen molar-refractivity contribution in [2.24, 2.45) is 21.5 Å². The molecule has 2 aromatic rings. The van der Waals surface area contributed by atoms with Gasteiger partial charge in [-0.2, -0.15) is 4.99 Å². The van der Waals surface area contributed by atoms with Crippen molar-refractivity contribution in [3.8, 4) is 0 Å². The second-order valence-corrected chi connectivity index (χ2v) is 6.90. The van der Waals surface area contributed by atoms with Crippen LogP contribution in [-0.2, 0) is 11.3 Å². The molecule has 3 amide bonds. The first-order valence-corrected chi connectivity index (χ1v) is 9.88. The Morgan fingerprint density at radius 3 is 2.12 bits per heavy atom. The van der Waals surface area contributed by atoms with E-state index in [4.69, 9.17) is 51.9 Å². The minimum atomic E-state index is -0.983. The average molecular weight is 512 g/mol. The molecule has 18 heteroatoms. The fraction of sp³-hybridized carbons (Fsp3) is 0.188. The van der Waals surface area contributed by atoms with Gasteiger partial charge in [-0.15, -0.1) is 0 Å². The number of hydrogen-bond donors (Lipinski definition) is 7. The van der Waals surface area contributed by atoms with Gasteiger partial charge < -0.3 is 28.7 Å². The minimum Gasteiger partial charge on any atom is -0.382 e. The van der Waals surface area contributed by atoms with E-state index in [2.05, 4.69) is 40.6 Å². The van der Waals surface area contributed by atoms with Gasteiger partial charge in [0.15, 0.2) is 45.1 Å². The summed E-state index contributed by atoms with van der Waals surface area (Å²) < 4.78 is 0. The van der Waals surface area contributed by atoms with Gasteiger partial charge in [0, 0.05) is 6.42 Å². The highest BCUT2D eigenvalue weighted by Crippen LogP contribution is 2.18. The average Bonchev–Trinajstić information content (AvgIpc) is 2.75. The van der Waals surface area contributed by atoms with Gasteiger partial charge in [-0.25, -0.2) is 24.9 Å². The maximum atomic E-state index is 12.3. The maximum absolute atomic E-state index is 12.3. The number of carbonyl (C=O) groups is 3. The van der Waals surface area contributed by atoms with Crippen molar-refractivity contribution >= 4 is 70.3 Å². The van der Waals surface area contributed by atoms with E-state index >= 15 is 0 Å². The molecule has 0 saturated heterocycles. The number of nitrogen functional groups attached to an aromatic ring is 3. The molecule has 0 aliphatic rings. The molecule has 0 atom stereocenters. The van der Waals surface area contributed by atoms with Crippen molar-refractivity contribution < 1.29 is 14.4 Å². The SMILES string of the molecule is CCC(=O)NC(N)=NC(=O)c1nc(Cl)c(CN=C(N)NC(=O)c2nc(Cl)c(N)nc2N)nc1N. The lowest BCUT2D eigenvalue weighted by Crippen LogP contribution is -2.38. The summed E-state index contributed by atoms with van der Waals surface area (Å²) >= 11 is 11.8. The quantitative estimate of drug-likeness (QED) is 0.179. The van der Waals surface area contributed by atoms with Gasteiger partial charge >= 0.3 is 5.91 Å². The molecule has 0 aromatic carbocycles. The first kappa shape index (κ1) is 25.9. The molecule has 180 valence electrons. The second-order valence-electron chi connectivity index (χ2n) is 6.19. The van der Waals surface area contributed by atoms with E-state index in [1.807, 2.05) is 0 Å². The van der Waals surface area contributed by atoms with Gasteiger partial charge in [0.2, 0.25) is 11.9 Å². The number of aromatic nitrogens is 4. The highest BCUT2D eigenvalue weighted by molar-refractivity contribution is 6.32. The number of nitrogens with two attached hydrogens (primary N) is 5. The first-order valence-electron chi connectivity index (χ1n) is 9.12. The number of anilines is 3. The van der Waals surface area contributed by atoms with Crippen LogP contribution in [-0.4, -0.2) is 49.6 Å². The van der Waals surface area contributed by atoms with Crippen LogP contribution in [0.15, 0.2) is 9.98 Å². The predicted molar refractivity (Wildman–Crippen MR) is 125 cm³/mol.